The molecule has 0 aromatic rings. The van der Waals surface area contributed by atoms with E-state index in [-0.39, 0.29) is 0 Å². The molecule has 0 saturated heterocycles. The molecule has 0 fully saturated rings. The van der Waals surface area contributed by atoms with Crippen LogP contribution in [-0.2, 0) is 0 Å². The highest BCUT2D eigenvalue weighted by atomic mass is 16.3. The molecule has 1 atom stereocenters. The number of unbranched alkanes of at least 4 members (excludes halogenated alkanes) is 13. The van der Waals surface area contributed by atoms with Crippen molar-refractivity contribution in [1.82, 2.24) is 0 Å². The Balaban J connectivity index is 3.09. The van der Waals surface area contributed by atoms with Gasteiger partial charge in [-0.3, -0.25) is 0 Å². The van der Waals surface area contributed by atoms with E-state index in [1.165, 1.54) is 89.9 Å². The monoisotopic (exact) mass is 320 g/mol. The Morgan fingerprint density at radius 3 is 1.65 bits per heavy atom. The number of allylic oxidation sites excluding steroid dienone is 2. The van der Waals surface area contributed by atoms with Gasteiger partial charge in [0, 0.05) is 0 Å². The summed E-state index contributed by atoms with van der Waals surface area (Å²) >= 11 is 0. The predicted octanol–water partition coefficient (Wildman–Crippen LogP) is 6.80. The summed E-state index contributed by atoms with van der Waals surface area (Å²) in [6.45, 7) is 2.27. The molecule has 23 heavy (non-hydrogen) atoms. The highest BCUT2D eigenvalue weighted by molar-refractivity contribution is 4.92. The normalized spacial score (nSPS) is 12.6. The number of rotatable bonds is 17. The van der Waals surface area contributed by atoms with Gasteiger partial charge in [-0.2, -0.15) is 0 Å². The van der Waals surface area contributed by atoms with Crippen molar-refractivity contribution in [3.8, 4) is 12.3 Å². The molecule has 0 bridgehead atoms. The lowest BCUT2D eigenvalue weighted by Gasteiger charge is -2.03. The van der Waals surface area contributed by atoms with Crippen LogP contribution in [-0.4, -0.2) is 11.2 Å². The van der Waals surface area contributed by atoms with E-state index in [2.05, 4.69) is 25.0 Å². The molecule has 1 heteroatoms. The van der Waals surface area contributed by atoms with Crippen molar-refractivity contribution in [3.63, 3.8) is 0 Å². The van der Waals surface area contributed by atoms with Gasteiger partial charge in [-0.1, -0.05) is 89.2 Å². The highest BCUT2D eigenvalue weighted by Gasteiger charge is 1.97. The van der Waals surface area contributed by atoms with Crippen LogP contribution in [0, 0.1) is 12.3 Å². The molecule has 0 spiro atoms. The standard InChI is InChI=1S/C22H40O/c1-3-5-6-7-8-9-10-11-12-13-14-15-16-17-18-19-20-21-22(23)4-2/h2,11-12,22-23H,3,5-10,13-21H2,1H3/b12-11-/t22-/m0/s1. The van der Waals surface area contributed by atoms with Gasteiger partial charge in [0.25, 0.3) is 0 Å². The molecule has 134 valence electrons. The van der Waals surface area contributed by atoms with Crippen molar-refractivity contribution in [2.75, 3.05) is 0 Å². The largest absolute Gasteiger partial charge is 0.380 e. The molecule has 0 aromatic carbocycles. The van der Waals surface area contributed by atoms with E-state index < -0.39 is 6.10 Å². The van der Waals surface area contributed by atoms with Gasteiger partial charge in [0.15, 0.2) is 0 Å². The molecule has 0 unspecified atom stereocenters. The second-order valence-corrected chi connectivity index (χ2v) is 6.76. The van der Waals surface area contributed by atoms with Gasteiger partial charge in [-0.15, -0.1) is 6.42 Å². The lowest BCUT2D eigenvalue weighted by Crippen LogP contribution is -2.01. The van der Waals surface area contributed by atoms with Crippen LogP contribution in [0.3, 0.4) is 0 Å². The quantitative estimate of drug-likeness (QED) is 0.177. The lowest BCUT2D eigenvalue weighted by molar-refractivity contribution is 0.217. The first-order valence-electron chi connectivity index (χ1n) is 10.1. The third-order valence-corrected chi connectivity index (χ3v) is 4.43. The predicted molar refractivity (Wildman–Crippen MR) is 104 cm³/mol. The first-order chi connectivity index (χ1) is 11.3. The summed E-state index contributed by atoms with van der Waals surface area (Å²) in [6, 6.07) is 0. The Bertz CT molecular complexity index is 287. The van der Waals surface area contributed by atoms with Crippen LogP contribution in [0.4, 0.5) is 0 Å². The molecule has 0 amide bonds. The van der Waals surface area contributed by atoms with Gasteiger partial charge >= 0.3 is 0 Å². The van der Waals surface area contributed by atoms with E-state index in [0.717, 1.165) is 12.8 Å². The van der Waals surface area contributed by atoms with Crippen molar-refractivity contribution in [2.45, 2.75) is 116 Å². The molecule has 1 N–H and O–H groups in total. The number of hydrogen-bond acceptors (Lipinski definition) is 1. The highest BCUT2D eigenvalue weighted by Crippen LogP contribution is 2.11. The summed E-state index contributed by atoms with van der Waals surface area (Å²) in [4.78, 5) is 0. The maximum atomic E-state index is 9.24. The fraction of sp³-hybridized carbons (Fsp3) is 0.818. The van der Waals surface area contributed by atoms with E-state index in [9.17, 15) is 5.11 Å². The molecule has 0 aromatic heterocycles. The third kappa shape index (κ3) is 19.2. The smallest absolute Gasteiger partial charge is 0.114 e. The molecule has 0 aliphatic heterocycles. The van der Waals surface area contributed by atoms with Crippen molar-refractivity contribution in [1.29, 1.82) is 0 Å². The first kappa shape index (κ1) is 22.3. The molecule has 1 nitrogen and oxygen atoms in total. The molecular weight excluding hydrogens is 280 g/mol. The van der Waals surface area contributed by atoms with Crippen molar-refractivity contribution < 1.29 is 5.11 Å². The second kappa shape index (κ2) is 19.3. The Morgan fingerprint density at radius 1 is 0.739 bits per heavy atom. The average molecular weight is 321 g/mol. The van der Waals surface area contributed by atoms with Gasteiger partial charge in [-0.05, 0) is 38.5 Å². The van der Waals surface area contributed by atoms with E-state index in [4.69, 9.17) is 6.42 Å². The van der Waals surface area contributed by atoms with Gasteiger partial charge in [0.05, 0.1) is 0 Å². The van der Waals surface area contributed by atoms with Gasteiger partial charge in [0.2, 0.25) is 0 Å². The van der Waals surface area contributed by atoms with Gasteiger partial charge < -0.3 is 5.11 Å². The maximum absolute atomic E-state index is 9.24. The summed E-state index contributed by atoms with van der Waals surface area (Å²) in [7, 11) is 0. The van der Waals surface area contributed by atoms with Crippen LogP contribution in [0.15, 0.2) is 12.2 Å². The minimum absolute atomic E-state index is 0.530. The van der Waals surface area contributed by atoms with Crippen LogP contribution < -0.4 is 0 Å². The summed E-state index contributed by atoms with van der Waals surface area (Å²) in [5.74, 6) is 2.37. The first-order valence-corrected chi connectivity index (χ1v) is 10.1. The number of aliphatic hydroxyl groups is 1. The number of terminal acetylenes is 1. The van der Waals surface area contributed by atoms with E-state index in [1.54, 1.807) is 0 Å². The minimum Gasteiger partial charge on any atom is -0.380 e. The van der Waals surface area contributed by atoms with E-state index in [0.29, 0.717) is 0 Å². The van der Waals surface area contributed by atoms with Crippen molar-refractivity contribution in [3.05, 3.63) is 12.2 Å². The lowest BCUT2D eigenvalue weighted by atomic mass is 10.1. The van der Waals surface area contributed by atoms with Gasteiger partial charge in [-0.25, -0.2) is 0 Å². The van der Waals surface area contributed by atoms with Crippen molar-refractivity contribution >= 4 is 0 Å². The van der Waals surface area contributed by atoms with Crippen LogP contribution in [0.25, 0.3) is 0 Å². The van der Waals surface area contributed by atoms with Crippen LogP contribution in [0.2, 0.25) is 0 Å². The summed E-state index contributed by atoms with van der Waals surface area (Å²) in [5, 5.41) is 9.24. The zero-order valence-corrected chi connectivity index (χ0v) is 15.6. The fourth-order valence-electron chi connectivity index (χ4n) is 2.85. The Labute approximate surface area is 146 Å². The fourth-order valence-corrected chi connectivity index (χ4v) is 2.85. The summed E-state index contributed by atoms with van der Waals surface area (Å²) in [6.07, 6.45) is 30.0. The molecule has 0 rings (SSSR count). The SMILES string of the molecule is C#C[C@H](O)CCCCCCCCC/C=C\CCCCCCCC. The maximum Gasteiger partial charge on any atom is 0.114 e. The van der Waals surface area contributed by atoms with E-state index >= 15 is 0 Å². The second-order valence-electron chi connectivity index (χ2n) is 6.76. The molecular formula is C22H40O. The van der Waals surface area contributed by atoms with Crippen molar-refractivity contribution in [2.24, 2.45) is 0 Å². The molecule has 0 heterocycles. The molecule has 0 saturated carbocycles. The Kier molecular flexibility index (Phi) is 18.7. The van der Waals surface area contributed by atoms with Crippen LogP contribution >= 0.6 is 0 Å². The van der Waals surface area contributed by atoms with Gasteiger partial charge in [0.1, 0.15) is 6.10 Å². The Morgan fingerprint density at radius 2 is 1.17 bits per heavy atom. The number of aliphatic hydroxyl groups excluding tert-OH is 1. The molecule has 0 radical (unpaired) electrons. The Hall–Kier alpha value is -0.740. The summed E-state index contributed by atoms with van der Waals surface area (Å²) < 4.78 is 0. The van der Waals surface area contributed by atoms with Crippen LogP contribution in [0.1, 0.15) is 110 Å². The zero-order valence-electron chi connectivity index (χ0n) is 15.6. The molecule has 0 aliphatic rings. The number of hydrogen-bond donors (Lipinski definition) is 1. The third-order valence-electron chi connectivity index (χ3n) is 4.43. The molecule has 0 aliphatic carbocycles. The zero-order chi connectivity index (χ0) is 17.0. The summed E-state index contributed by atoms with van der Waals surface area (Å²) in [5.41, 5.74) is 0. The minimum atomic E-state index is -0.530. The average Bonchev–Trinajstić information content (AvgIpc) is 2.57. The van der Waals surface area contributed by atoms with E-state index in [1.807, 2.05) is 0 Å². The topological polar surface area (TPSA) is 20.2 Å². The van der Waals surface area contributed by atoms with Crippen LogP contribution in [0.5, 0.6) is 0 Å².